The minimum atomic E-state index is -1.60. The van der Waals surface area contributed by atoms with Crippen molar-refractivity contribution in [2.75, 3.05) is 26.9 Å². The van der Waals surface area contributed by atoms with Gasteiger partial charge in [-0.15, -0.1) is 0 Å². The lowest BCUT2D eigenvalue weighted by Crippen LogP contribution is -2.59. The van der Waals surface area contributed by atoms with E-state index in [9.17, 15) is 44.7 Å². The van der Waals surface area contributed by atoms with Crippen LogP contribution < -0.4 is 5.32 Å². The van der Waals surface area contributed by atoms with Crippen LogP contribution in [0.3, 0.4) is 0 Å². The van der Waals surface area contributed by atoms with Crippen molar-refractivity contribution in [3.05, 3.63) is 124 Å². The van der Waals surface area contributed by atoms with E-state index in [0.29, 0.717) is 18.4 Å². The van der Waals surface area contributed by atoms with E-state index in [1.54, 1.807) is 63.3 Å². The van der Waals surface area contributed by atoms with Crippen molar-refractivity contribution in [1.29, 1.82) is 0 Å². The molecule has 2 heterocycles. The molecule has 10 atom stereocenters. The molecular weight excluding hydrogens is 881 g/mol. The number of hydrogen-bond acceptors (Lipinski definition) is 15. The Labute approximate surface area is 395 Å². The zero-order chi connectivity index (χ0) is 48.8. The number of carbonyl (C=O) groups is 4. The summed E-state index contributed by atoms with van der Waals surface area (Å²) in [4.78, 5) is 57.0. The van der Waals surface area contributed by atoms with Gasteiger partial charge in [0.1, 0.15) is 54.4 Å². The molecule has 17 heteroatoms. The number of rotatable bonds is 17. The van der Waals surface area contributed by atoms with Crippen molar-refractivity contribution in [1.82, 2.24) is 10.2 Å². The Hall–Kier alpha value is -5.34. The Morgan fingerprint density at radius 2 is 1.57 bits per heavy atom. The fraction of sp³-hybridized carbons (Fsp3) is 0.490. The van der Waals surface area contributed by atoms with Crippen LogP contribution in [-0.4, -0.2) is 154 Å². The van der Waals surface area contributed by atoms with Crippen molar-refractivity contribution in [3.63, 3.8) is 0 Å². The van der Waals surface area contributed by atoms with Crippen LogP contribution in [0.15, 0.2) is 96.6 Å². The molecule has 2 aliphatic carbocycles. The number of nitrogens with one attached hydrogen (secondary N) is 1. The number of benzene rings is 3. The molecule has 0 bridgehead atoms. The molecule has 2 amide bonds. The van der Waals surface area contributed by atoms with Crippen molar-refractivity contribution in [2.24, 2.45) is 0 Å². The number of hydrogen-bond donors (Lipinski definition) is 6. The van der Waals surface area contributed by atoms with Gasteiger partial charge in [-0.2, -0.15) is 0 Å². The molecule has 6 N–H and O–H groups in total. The largest absolute Gasteiger partial charge is 0.460 e. The molecule has 4 aliphatic rings. The smallest absolute Gasteiger partial charge is 0.339 e. The first-order valence-electron chi connectivity index (χ1n) is 22.9. The molecule has 0 unspecified atom stereocenters. The van der Waals surface area contributed by atoms with Crippen LogP contribution in [0.1, 0.15) is 72.6 Å². The molecule has 7 rings (SSSR count). The number of fused-ring (bicyclic) bond motifs is 2. The first-order valence-corrected chi connectivity index (χ1v) is 22.9. The third-order valence-electron chi connectivity index (χ3n) is 12.5. The number of amides is 2. The normalized spacial score (nSPS) is 26.0. The topological polar surface area (TPSA) is 240 Å². The number of ether oxygens (including phenoxy) is 6. The number of likely N-dealkylation sites (N-methyl/N-ethyl adjacent to an activating group) is 1. The third kappa shape index (κ3) is 12.1. The van der Waals surface area contributed by atoms with Gasteiger partial charge in [0.15, 0.2) is 12.1 Å². The van der Waals surface area contributed by atoms with E-state index < -0.39 is 109 Å². The Bertz CT molecular complexity index is 2290. The Morgan fingerprint density at radius 1 is 0.897 bits per heavy atom. The average Bonchev–Trinajstić information content (AvgIpc) is 3.87. The van der Waals surface area contributed by atoms with E-state index in [1.165, 1.54) is 11.9 Å². The summed E-state index contributed by atoms with van der Waals surface area (Å²) >= 11 is 0. The number of aliphatic hydroxyl groups excluding tert-OH is 5. The summed E-state index contributed by atoms with van der Waals surface area (Å²) in [5.41, 5.74) is 3.04. The summed E-state index contributed by atoms with van der Waals surface area (Å²) in [6.45, 7) is 4.05. The zero-order valence-corrected chi connectivity index (χ0v) is 38.6. The van der Waals surface area contributed by atoms with Crippen molar-refractivity contribution in [2.45, 2.75) is 132 Å². The molecule has 2 aliphatic heterocycles. The lowest BCUT2D eigenvalue weighted by Gasteiger charge is -2.39. The van der Waals surface area contributed by atoms with Crippen molar-refractivity contribution < 1.29 is 73.1 Å². The molecule has 0 radical (unpaired) electrons. The molecule has 68 heavy (non-hydrogen) atoms. The highest BCUT2D eigenvalue weighted by atomic mass is 16.8. The van der Waals surface area contributed by atoms with Gasteiger partial charge in [-0.1, -0.05) is 84.9 Å². The van der Waals surface area contributed by atoms with Gasteiger partial charge in [0.25, 0.3) is 0 Å². The summed E-state index contributed by atoms with van der Waals surface area (Å²) in [5.74, 6) is -3.33. The van der Waals surface area contributed by atoms with Gasteiger partial charge < -0.3 is 64.2 Å². The van der Waals surface area contributed by atoms with Crippen LogP contribution in [0.5, 0.6) is 0 Å². The highest BCUT2D eigenvalue weighted by Crippen LogP contribution is 2.45. The van der Waals surface area contributed by atoms with E-state index in [1.807, 2.05) is 54.6 Å². The van der Waals surface area contributed by atoms with Gasteiger partial charge in [-0.25, -0.2) is 4.79 Å². The average molecular weight is 943 g/mol. The van der Waals surface area contributed by atoms with Crippen molar-refractivity contribution in [3.8, 4) is 0 Å². The SMILES string of the molecule is CN(C(=O)C1=C[C@H]2OC3(Cc4ccccc4C3)O[C@H]2[C@H](OC(=O)c2ccccc2C=CCO[C@H]2O[C@H](CO)[C@H](O)[C@H](O)[C@H]2O)C1)[C@H](Cc1ccccc1)C(=O)N[C@H](CO)CCC(=O)OC(C)(C)C. The lowest BCUT2D eigenvalue weighted by molar-refractivity contribution is -0.298. The number of nitrogens with zero attached hydrogens (tertiary/aromatic N) is 1. The molecule has 0 aromatic heterocycles. The summed E-state index contributed by atoms with van der Waals surface area (Å²) in [6.07, 6.45) is -4.03. The Morgan fingerprint density at radius 3 is 2.25 bits per heavy atom. The van der Waals surface area contributed by atoms with Crippen LogP contribution in [0.2, 0.25) is 0 Å². The van der Waals surface area contributed by atoms with Gasteiger partial charge in [0.05, 0.1) is 31.4 Å². The third-order valence-corrected chi connectivity index (χ3v) is 12.5. The van der Waals surface area contributed by atoms with Crippen LogP contribution in [0, 0.1) is 0 Å². The van der Waals surface area contributed by atoms with Gasteiger partial charge in [0, 0.05) is 44.7 Å². The first kappa shape index (κ1) is 50.5. The van der Waals surface area contributed by atoms with Crippen LogP contribution in [-0.2, 0) is 62.1 Å². The lowest BCUT2D eigenvalue weighted by atomic mass is 9.90. The maximum atomic E-state index is 14.8. The number of esters is 2. The van der Waals surface area contributed by atoms with Gasteiger partial charge in [-0.3, -0.25) is 14.4 Å². The van der Waals surface area contributed by atoms with Crippen LogP contribution in [0.4, 0.5) is 0 Å². The van der Waals surface area contributed by atoms with Crippen LogP contribution >= 0.6 is 0 Å². The highest BCUT2D eigenvalue weighted by Gasteiger charge is 2.55. The minimum absolute atomic E-state index is 0.0498. The number of carbonyl (C=O) groups excluding carboxylic acids is 4. The van der Waals surface area contributed by atoms with E-state index in [4.69, 9.17) is 28.4 Å². The quantitative estimate of drug-likeness (QED) is 0.107. The summed E-state index contributed by atoms with van der Waals surface area (Å²) in [6, 6.07) is 21.9. The summed E-state index contributed by atoms with van der Waals surface area (Å²) in [7, 11) is 1.52. The van der Waals surface area contributed by atoms with E-state index in [0.717, 1.165) is 16.7 Å². The molecule has 1 spiro atoms. The molecule has 366 valence electrons. The standard InChI is InChI=1S/C51H62N2O15/c1-50(2,3)67-41(56)21-20-35(28-54)52-46(60)37(23-30-13-6-5-7-14-30)53(4)47(61)34-24-38(45-39(25-34)66-51(68-45)26-32-16-8-9-17-33(32)27-51)64-48(62)36-19-11-10-15-31(36)18-12-22-63-49-44(59)43(58)42(57)40(29-55)65-49/h5-19,25,35,37-40,42-45,49,54-55,57-59H,20-24,26-29H2,1-4H3,(H,52,60)/t35-,37+,38+,39+,40+,42-,43-,44+,45-,49-/m0/s1. The van der Waals surface area contributed by atoms with E-state index in [2.05, 4.69) is 5.32 Å². The second-order valence-corrected chi connectivity index (χ2v) is 18.7. The van der Waals surface area contributed by atoms with Gasteiger partial charge in [0.2, 0.25) is 11.8 Å². The van der Waals surface area contributed by atoms with E-state index in [-0.39, 0.29) is 43.4 Å². The second-order valence-electron chi connectivity index (χ2n) is 18.7. The second kappa shape index (κ2) is 22.0. The number of aliphatic hydroxyl groups is 5. The minimum Gasteiger partial charge on any atom is -0.460 e. The Kier molecular flexibility index (Phi) is 16.3. The Balaban J connectivity index is 1.10. The van der Waals surface area contributed by atoms with Gasteiger partial charge in [-0.05, 0) is 61.6 Å². The molecule has 2 fully saturated rings. The fourth-order valence-electron chi connectivity index (χ4n) is 9.01. The maximum absolute atomic E-state index is 14.8. The maximum Gasteiger partial charge on any atom is 0.339 e. The monoisotopic (exact) mass is 942 g/mol. The zero-order valence-electron chi connectivity index (χ0n) is 38.6. The molecule has 3 aromatic carbocycles. The molecular formula is C51H62N2O15. The summed E-state index contributed by atoms with van der Waals surface area (Å²) in [5, 5.41) is 53.2. The fourth-order valence-corrected chi connectivity index (χ4v) is 9.01. The predicted molar refractivity (Wildman–Crippen MR) is 244 cm³/mol. The molecule has 0 saturated carbocycles. The first-order chi connectivity index (χ1) is 32.5. The van der Waals surface area contributed by atoms with Gasteiger partial charge >= 0.3 is 11.9 Å². The van der Waals surface area contributed by atoms with Crippen molar-refractivity contribution >= 4 is 29.8 Å². The van der Waals surface area contributed by atoms with E-state index >= 15 is 0 Å². The summed E-state index contributed by atoms with van der Waals surface area (Å²) < 4.78 is 36.1. The van der Waals surface area contributed by atoms with Crippen LogP contribution in [0.25, 0.3) is 6.08 Å². The molecule has 3 aromatic rings. The predicted octanol–water partition coefficient (Wildman–Crippen LogP) is 2.32. The molecule has 2 saturated heterocycles. The molecule has 17 nitrogen and oxygen atoms in total. The highest BCUT2D eigenvalue weighted by molar-refractivity contribution is 5.98.